The van der Waals surface area contributed by atoms with E-state index < -0.39 is 0 Å². The smallest absolute Gasteiger partial charge is 0.0327 e. The third-order valence-corrected chi connectivity index (χ3v) is 2.96. The molecule has 0 amide bonds. The van der Waals surface area contributed by atoms with Crippen molar-refractivity contribution in [3.05, 3.63) is 21.9 Å². The number of fused-ring (bicyclic) bond motifs is 1. The minimum Gasteiger partial charge on any atom is -0.301 e. The lowest BCUT2D eigenvalue weighted by molar-refractivity contribution is 0.317. The molecule has 0 N–H and O–H groups in total. The van der Waals surface area contributed by atoms with E-state index in [1.165, 1.54) is 13.0 Å². The number of hydrogen-bond acceptors (Lipinski definition) is 2. The molecule has 0 unspecified atom stereocenters. The van der Waals surface area contributed by atoms with Gasteiger partial charge in [0.1, 0.15) is 0 Å². The number of likely N-dealkylation sites (N-methyl/N-ethyl adjacent to an activating group) is 1. The molecule has 2 rings (SSSR count). The van der Waals surface area contributed by atoms with E-state index in [0.29, 0.717) is 0 Å². The van der Waals surface area contributed by atoms with Gasteiger partial charge in [0, 0.05) is 18.0 Å². The Labute approximate surface area is 65.3 Å². The number of nitrogens with zero attached hydrogens (tertiary/aromatic N) is 1. The predicted molar refractivity (Wildman–Crippen MR) is 44.4 cm³/mol. The van der Waals surface area contributed by atoms with Crippen molar-refractivity contribution in [2.45, 2.75) is 13.0 Å². The zero-order chi connectivity index (χ0) is 6.97. The summed E-state index contributed by atoms with van der Waals surface area (Å²) in [4.78, 5) is 3.94. The largest absolute Gasteiger partial charge is 0.301 e. The summed E-state index contributed by atoms with van der Waals surface area (Å²) in [6.07, 6.45) is 1.25. The second-order valence-electron chi connectivity index (χ2n) is 2.86. The summed E-state index contributed by atoms with van der Waals surface area (Å²) in [6.45, 7) is 2.39. The Balaban J connectivity index is 2.30. The van der Waals surface area contributed by atoms with Crippen LogP contribution in [0.5, 0.6) is 0 Å². The molecule has 0 saturated heterocycles. The number of hydrogen-bond donors (Lipinski definition) is 0. The van der Waals surface area contributed by atoms with Crippen molar-refractivity contribution in [3.63, 3.8) is 0 Å². The molecule has 0 spiro atoms. The lowest BCUT2D eigenvalue weighted by atomic mass is 10.1. The van der Waals surface area contributed by atoms with Crippen LogP contribution in [0.4, 0.5) is 0 Å². The van der Waals surface area contributed by atoms with Gasteiger partial charge in [0.2, 0.25) is 0 Å². The summed E-state index contributed by atoms with van der Waals surface area (Å²) in [6, 6.07) is 2.26. The number of rotatable bonds is 0. The molecule has 1 aromatic rings. The van der Waals surface area contributed by atoms with E-state index in [9.17, 15) is 0 Å². The lowest BCUT2D eigenvalue weighted by Crippen LogP contribution is -2.24. The fraction of sp³-hybridized carbons (Fsp3) is 0.500. The van der Waals surface area contributed by atoms with E-state index in [1.807, 2.05) is 11.3 Å². The molecule has 0 radical (unpaired) electrons. The molecule has 0 saturated carbocycles. The molecule has 0 atom stereocenters. The van der Waals surface area contributed by atoms with Crippen LogP contribution in [0.3, 0.4) is 0 Å². The highest BCUT2D eigenvalue weighted by atomic mass is 32.1. The van der Waals surface area contributed by atoms with Crippen molar-refractivity contribution >= 4 is 11.3 Å². The molecule has 1 aliphatic rings. The highest BCUT2D eigenvalue weighted by Crippen LogP contribution is 2.22. The van der Waals surface area contributed by atoms with Gasteiger partial charge in [-0.2, -0.15) is 0 Å². The Hall–Kier alpha value is -0.340. The highest BCUT2D eigenvalue weighted by Gasteiger charge is 2.12. The van der Waals surface area contributed by atoms with Crippen molar-refractivity contribution < 1.29 is 0 Å². The Kier molecular flexibility index (Phi) is 1.51. The van der Waals surface area contributed by atoms with Crippen LogP contribution in [0, 0.1) is 0 Å². The molecule has 1 aromatic heterocycles. The monoisotopic (exact) mass is 153 g/mol. The maximum atomic E-state index is 2.37. The van der Waals surface area contributed by atoms with Gasteiger partial charge >= 0.3 is 0 Å². The van der Waals surface area contributed by atoms with E-state index in [-0.39, 0.29) is 0 Å². The second-order valence-corrected chi connectivity index (χ2v) is 3.86. The zero-order valence-electron chi connectivity index (χ0n) is 6.13. The van der Waals surface area contributed by atoms with Gasteiger partial charge < -0.3 is 4.90 Å². The SMILES string of the molecule is CN1CCc2ccsc2C1. The van der Waals surface area contributed by atoms with Crippen LogP contribution in [0.25, 0.3) is 0 Å². The Morgan fingerprint density at radius 1 is 1.60 bits per heavy atom. The molecule has 0 fully saturated rings. The third kappa shape index (κ3) is 0.976. The average molecular weight is 153 g/mol. The molecule has 2 heteroatoms. The van der Waals surface area contributed by atoms with Crippen molar-refractivity contribution in [1.82, 2.24) is 4.90 Å². The van der Waals surface area contributed by atoms with Crippen LogP contribution in [0.1, 0.15) is 10.4 Å². The van der Waals surface area contributed by atoms with Crippen LogP contribution in [-0.2, 0) is 13.0 Å². The number of thiophene rings is 1. The summed E-state index contributed by atoms with van der Waals surface area (Å²) in [5.41, 5.74) is 1.57. The van der Waals surface area contributed by atoms with E-state index in [1.54, 1.807) is 10.4 Å². The molecule has 54 valence electrons. The normalized spacial score (nSPS) is 18.9. The van der Waals surface area contributed by atoms with E-state index >= 15 is 0 Å². The summed E-state index contributed by atoms with van der Waals surface area (Å²) >= 11 is 1.89. The van der Waals surface area contributed by atoms with E-state index in [4.69, 9.17) is 0 Å². The molecular formula is C8H11NS. The van der Waals surface area contributed by atoms with Crippen LogP contribution in [-0.4, -0.2) is 18.5 Å². The Morgan fingerprint density at radius 3 is 3.40 bits per heavy atom. The third-order valence-electron chi connectivity index (χ3n) is 2.01. The Bertz CT molecular complexity index is 229. The van der Waals surface area contributed by atoms with Crippen molar-refractivity contribution in [1.29, 1.82) is 0 Å². The quantitative estimate of drug-likeness (QED) is 0.548. The minimum atomic E-state index is 1.16. The van der Waals surface area contributed by atoms with Gasteiger partial charge in [0.05, 0.1) is 0 Å². The predicted octanol–water partition coefficient (Wildman–Crippen LogP) is 1.74. The lowest BCUT2D eigenvalue weighted by Gasteiger charge is -2.21. The van der Waals surface area contributed by atoms with Gasteiger partial charge in [-0.05, 0) is 30.5 Å². The summed E-state index contributed by atoms with van der Waals surface area (Å²) in [7, 11) is 2.18. The van der Waals surface area contributed by atoms with Gasteiger partial charge in [-0.1, -0.05) is 0 Å². The fourth-order valence-corrected chi connectivity index (χ4v) is 2.38. The average Bonchev–Trinajstić information content (AvgIpc) is 2.33. The maximum absolute atomic E-state index is 2.37. The highest BCUT2D eigenvalue weighted by molar-refractivity contribution is 7.10. The van der Waals surface area contributed by atoms with Gasteiger partial charge in [-0.3, -0.25) is 0 Å². The van der Waals surface area contributed by atoms with Gasteiger partial charge in [-0.15, -0.1) is 11.3 Å². The zero-order valence-corrected chi connectivity index (χ0v) is 6.95. The molecule has 0 aliphatic carbocycles. The first-order chi connectivity index (χ1) is 4.86. The van der Waals surface area contributed by atoms with Gasteiger partial charge in [0.25, 0.3) is 0 Å². The molecule has 1 nitrogen and oxygen atoms in total. The minimum absolute atomic E-state index is 1.16. The molecule has 2 heterocycles. The maximum Gasteiger partial charge on any atom is 0.0327 e. The van der Waals surface area contributed by atoms with Gasteiger partial charge in [0.15, 0.2) is 0 Å². The van der Waals surface area contributed by atoms with Crippen LogP contribution < -0.4 is 0 Å². The molecule has 10 heavy (non-hydrogen) atoms. The Morgan fingerprint density at radius 2 is 2.50 bits per heavy atom. The molecular weight excluding hydrogens is 142 g/mol. The summed E-state index contributed by atoms with van der Waals surface area (Å²) in [5, 5.41) is 2.20. The topological polar surface area (TPSA) is 3.24 Å². The molecule has 0 bridgehead atoms. The van der Waals surface area contributed by atoms with E-state index in [2.05, 4.69) is 23.4 Å². The van der Waals surface area contributed by atoms with Crippen molar-refractivity contribution in [2.75, 3.05) is 13.6 Å². The van der Waals surface area contributed by atoms with Crippen LogP contribution >= 0.6 is 11.3 Å². The molecule has 0 aromatic carbocycles. The standard InChI is InChI=1S/C8H11NS/c1-9-4-2-7-3-5-10-8(7)6-9/h3,5H,2,4,6H2,1H3. The molecule has 1 aliphatic heterocycles. The first kappa shape index (κ1) is 6.38. The summed E-state index contributed by atoms with van der Waals surface area (Å²) < 4.78 is 0. The van der Waals surface area contributed by atoms with Crippen LogP contribution in [0.15, 0.2) is 11.4 Å². The fourth-order valence-electron chi connectivity index (χ4n) is 1.36. The first-order valence-corrected chi connectivity index (χ1v) is 4.48. The summed E-state index contributed by atoms with van der Waals surface area (Å²) in [5.74, 6) is 0. The first-order valence-electron chi connectivity index (χ1n) is 3.60. The van der Waals surface area contributed by atoms with Gasteiger partial charge in [-0.25, -0.2) is 0 Å². The second kappa shape index (κ2) is 2.36. The van der Waals surface area contributed by atoms with Crippen LogP contribution in [0.2, 0.25) is 0 Å². The van der Waals surface area contributed by atoms with Crippen molar-refractivity contribution in [2.24, 2.45) is 0 Å². The van der Waals surface area contributed by atoms with Crippen molar-refractivity contribution in [3.8, 4) is 0 Å². The van der Waals surface area contributed by atoms with E-state index in [0.717, 1.165) is 6.54 Å².